The highest BCUT2D eigenvalue weighted by molar-refractivity contribution is 5.96. The van der Waals surface area contributed by atoms with Crippen molar-refractivity contribution < 1.29 is 24.1 Å². The summed E-state index contributed by atoms with van der Waals surface area (Å²) < 4.78 is 16.3. The molecule has 1 aromatic carbocycles. The van der Waals surface area contributed by atoms with Crippen molar-refractivity contribution in [2.45, 2.75) is 45.3 Å². The van der Waals surface area contributed by atoms with E-state index in [2.05, 4.69) is 24.1 Å². The number of nitrogens with zero attached hydrogens (tertiary/aromatic N) is 1. The number of para-hydroxylation sites is 1. The molecule has 0 unspecified atom stereocenters. The Balaban J connectivity index is 0.00000578. The van der Waals surface area contributed by atoms with Crippen LogP contribution in [-0.4, -0.2) is 87.8 Å². The molecule has 1 aliphatic heterocycles. The van der Waals surface area contributed by atoms with Gasteiger partial charge in [0.1, 0.15) is 5.75 Å². The van der Waals surface area contributed by atoms with Crippen LogP contribution in [0.15, 0.2) is 24.3 Å². The second kappa shape index (κ2) is 19.0. The summed E-state index contributed by atoms with van der Waals surface area (Å²) in [4.78, 5) is 15.1. The molecule has 0 bridgehead atoms. The molecule has 3 atom stereocenters. The number of aliphatic hydroxyl groups is 1. The Morgan fingerprint density at radius 1 is 1.17 bits per heavy atom. The topological polar surface area (TPSA) is 106 Å². The molecule has 4 N–H and O–H groups in total. The molecular weight excluding hydrogens is 493 g/mol. The smallest absolute Gasteiger partial charge is 0.255 e. The molecule has 1 fully saturated rings. The van der Waals surface area contributed by atoms with Crippen LogP contribution in [0.5, 0.6) is 5.75 Å². The molecule has 1 saturated heterocycles. The van der Waals surface area contributed by atoms with E-state index < -0.39 is 6.10 Å². The molecule has 0 saturated carbocycles. The third-order valence-electron chi connectivity index (χ3n) is 6.22. The summed E-state index contributed by atoms with van der Waals surface area (Å²) in [5, 5.41) is 13.7. The van der Waals surface area contributed by atoms with Gasteiger partial charge in [-0.1, -0.05) is 26.0 Å². The molecule has 1 amide bonds. The molecule has 8 nitrogen and oxygen atoms in total. The number of methoxy groups -OCH3 is 1. The van der Waals surface area contributed by atoms with Gasteiger partial charge in [0.05, 0.1) is 31.5 Å². The second-order valence-corrected chi connectivity index (χ2v) is 9.14. The van der Waals surface area contributed by atoms with Gasteiger partial charge >= 0.3 is 0 Å². The highest BCUT2D eigenvalue weighted by atomic mass is 35.5. The van der Waals surface area contributed by atoms with Crippen molar-refractivity contribution in [1.82, 2.24) is 10.2 Å². The monoisotopic (exact) mass is 537 g/mol. The fraction of sp³-hybridized carbons (Fsp3) is 0.720. The van der Waals surface area contributed by atoms with Crippen molar-refractivity contribution in [3.05, 3.63) is 29.8 Å². The number of amides is 1. The van der Waals surface area contributed by atoms with E-state index in [0.29, 0.717) is 63.2 Å². The van der Waals surface area contributed by atoms with Crippen LogP contribution in [0, 0.1) is 11.8 Å². The molecule has 0 spiro atoms. The zero-order valence-corrected chi connectivity index (χ0v) is 23.0. The first-order valence-corrected chi connectivity index (χ1v) is 12.1. The maximum atomic E-state index is 12.9. The summed E-state index contributed by atoms with van der Waals surface area (Å²) in [5.74, 6) is 0.909. The summed E-state index contributed by atoms with van der Waals surface area (Å²) >= 11 is 0. The predicted molar refractivity (Wildman–Crippen MR) is 144 cm³/mol. The van der Waals surface area contributed by atoms with Crippen molar-refractivity contribution in [2.75, 3.05) is 59.7 Å². The second-order valence-electron chi connectivity index (χ2n) is 9.14. The molecule has 0 aliphatic carbocycles. The van der Waals surface area contributed by atoms with Gasteiger partial charge in [0, 0.05) is 45.9 Å². The Morgan fingerprint density at radius 2 is 1.83 bits per heavy atom. The van der Waals surface area contributed by atoms with Crippen LogP contribution < -0.4 is 15.8 Å². The number of hydrogen-bond donors (Lipinski definition) is 3. The predicted octanol–water partition coefficient (Wildman–Crippen LogP) is 2.75. The lowest BCUT2D eigenvalue weighted by atomic mass is 9.87. The molecule has 1 aromatic rings. The molecule has 0 radical (unpaired) electrons. The van der Waals surface area contributed by atoms with Crippen molar-refractivity contribution >= 4 is 30.7 Å². The number of benzene rings is 1. The minimum Gasteiger partial charge on any atom is -0.493 e. The Hall–Kier alpha value is -1.13. The summed E-state index contributed by atoms with van der Waals surface area (Å²) in [6.45, 7) is 9.56. The summed E-state index contributed by atoms with van der Waals surface area (Å²) in [5.41, 5.74) is 6.89. The molecular formula is C25H45Cl2N3O5. The van der Waals surface area contributed by atoms with Gasteiger partial charge in [0.25, 0.3) is 5.91 Å². The Bertz CT molecular complexity index is 693. The Morgan fingerprint density at radius 3 is 2.49 bits per heavy atom. The van der Waals surface area contributed by atoms with Gasteiger partial charge in [-0.2, -0.15) is 0 Å². The molecule has 204 valence electrons. The van der Waals surface area contributed by atoms with Gasteiger partial charge in [-0.25, -0.2) is 0 Å². The van der Waals surface area contributed by atoms with Crippen LogP contribution in [0.4, 0.5) is 0 Å². The van der Waals surface area contributed by atoms with Crippen LogP contribution in [0.2, 0.25) is 0 Å². The van der Waals surface area contributed by atoms with Crippen molar-refractivity contribution in [3.8, 4) is 5.75 Å². The van der Waals surface area contributed by atoms with E-state index in [1.165, 1.54) is 0 Å². The first kappa shape index (κ1) is 33.9. The number of morpholine rings is 1. The normalized spacial score (nSPS) is 16.5. The Kier molecular flexibility index (Phi) is 18.4. The van der Waals surface area contributed by atoms with E-state index >= 15 is 0 Å². The van der Waals surface area contributed by atoms with Gasteiger partial charge < -0.3 is 30.4 Å². The van der Waals surface area contributed by atoms with E-state index in [9.17, 15) is 9.90 Å². The fourth-order valence-corrected chi connectivity index (χ4v) is 3.91. The highest BCUT2D eigenvalue weighted by Crippen LogP contribution is 2.21. The Labute approximate surface area is 223 Å². The standard InChI is InChI=1S/C25H43N3O5.2ClH/c1-19(2)20(16-22(26)23(29)18-28-10-14-32-15-11-28)17-27-25(30)21-8-4-5-9-24(21)33-13-7-6-12-31-3;;/h4-5,8-9,19-20,22-23,29H,6-7,10-18,26H2,1-3H3,(H,27,30);2*1H/t20-,22+,23+;;/m1../s1. The summed E-state index contributed by atoms with van der Waals surface area (Å²) in [6, 6.07) is 6.96. The number of unbranched alkanes of at least 4 members (excludes halogenated alkanes) is 1. The van der Waals surface area contributed by atoms with Gasteiger partial charge in [-0.3, -0.25) is 9.69 Å². The summed E-state index contributed by atoms with van der Waals surface area (Å²) in [6.07, 6.45) is 1.82. The maximum absolute atomic E-state index is 12.9. The average molecular weight is 539 g/mol. The molecule has 2 rings (SSSR count). The third-order valence-corrected chi connectivity index (χ3v) is 6.22. The lowest BCUT2D eigenvalue weighted by Gasteiger charge is -2.32. The zero-order valence-electron chi connectivity index (χ0n) is 21.3. The number of rotatable bonds is 15. The van der Waals surface area contributed by atoms with E-state index in [1.807, 2.05) is 18.2 Å². The first-order valence-electron chi connectivity index (χ1n) is 12.1. The number of β-amino-alcohol motifs (C(OH)–C–C–N with tert-alkyl or cyclic N) is 1. The minimum atomic E-state index is -0.604. The third kappa shape index (κ3) is 12.6. The first-order chi connectivity index (χ1) is 15.9. The van der Waals surface area contributed by atoms with Crippen LogP contribution in [0.1, 0.15) is 43.5 Å². The van der Waals surface area contributed by atoms with Gasteiger partial charge in [0.2, 0.25) is 0 Å². The number of aliphatic hydroxyl groups excluding tert-OH is 1. The maximum Gasteiger partial charge on any atom is 0.255 e. The zero-order chi connectivity index (χ0) is 24.1. The number of nitrogens with two attached hydrogens (primary N) is 1. The molecule has 35 heavy (non-hydrogen) atoms. The number of nitrogens with one attached hydrogen (secondary N) is 1. The summed E-state index contributed by atoms with van der Waals surface area (Å²) in [7, 11) is 1.68. The van der Waals surface area contributed by atoms with Gasteiger partial charge in [-0.15, -0.1) is 24.8 Å². The largest absolute Gasteiger partial charge is 0.493 e. The van der Waals surface area contributed by atoms with Crippen LogP contribution in [0.3, 0.4) is 0 Å². The van der Waals surface area contributed by atoms with Crippen LogP contribution in [-0.2, 0) is 9.47 Å². The number of carbonyl (C=O) groups excluding carboxylic acids is 1. The van der Waals surface area contributed by atoms with Gasteiger partial charge in [0.15, 0.2) is 0 Å². The van der Waals surface area contributed by atoms with Crippen LogP contribution in [0.25, 0.3) is 0 Å². The number of halogens is 2. The lowest BCUT2D eigenvalue weighted by Crippen LogP contribution is -2.48. The highest BCUT2D eigenvalue weighted by Gasteiger charge is 2.25. The van der Waals surface area contributed by atoms with Gasteiger partial charge in [-0.05, 0) is 43.2 Å². The van der Waals surface area contributed by atoms with Crippen LogP contribution >= 0.6 is 24.8 Å². The number of carbonyl (C=O) groups is 1. The van der Waals surface area contributed by atoms with E-state index in [0.717, 1.165) is 25.9 Å². The van der Waals surface area contributed by atoms with E-state index in [1.54, 1.807) is 13.2 Å². The quantitative estimate of drug-likeness (QED) is 0.295. The average Bonchev–Trinajstić information content (AvgIpc) is 2.82. The van der Waals surface area contributed by atoms with Crippen molar-refractivity contribution in [1.29, 1.82) is 0 Å². The number of hydrogen-bond acceptors (Lipinski definition) is 7. The molecule has 10 heteroatoms. The molecule has 1 aliphatic rings. The van der Waals surface area contributed by atoms with E-state index in [4.69, 9.17) is 19.9 Å². The SMILES string of the molecule is COCCCCOc1ccccc1C(=O)NC[C@@H](C[C@H](N)[C@@H](O)CN1CCOCC1)C(C)C.Cl.Cl. The fourth-order valence-electron chi connectivity index (χ4n) is 3.91. The van der Waals surface area contributed by atoms with E-state index in [-0.39, 0.29) is 42.7 Å². The number of ether oxygens (including phenoxy) is 3. The minimum absolute atomic E-state index is 0. The molecule has 1 heterocycles. The van der Waals surface area contributed by atoms with Crippen molar-refractivity contribution in [2.24, 2.45) is 17.6 Å². The van der Waals surface area contributed by atoms with Crippen molar-refractivity contribution in [3.63, 3.8) is 0 Å². The lowest BCUT2D eigenvalue weighted by molar-refractivity contribution is 0.00730. The molecule has 0 aromatic heterocycles.